The summed E-state index contributed by atoms with van der Waals surface area (Å²) in [5.41, 5.74) is 1.42. The van der Waals surface area contributed by atoms with Gasteiger partial charge in [-0.1, -0.05) is 43.2 Å². The third kappa shape index (κ3) is 3.49. The van der Waals surface area contributed by atoms with E-state index in [9.17, 15) is 0 Å². The van der Waals surface area contributed by atoms with Gasteiger partial charge in [0, 0.05) is 18.5 Å². The number of likely N-dealkylation sites (N-methyl/N-ethyl adjacent to an activating group) is 1. The van der Waals surface area contributed by atoms with Crippen LogP contribution in [0, 0.1) is 0 Å². The molecule has 1 aliphatic rings. The second kappa shape index (κ2) is 6.46. The van der Waals surface area contributed by atoms with E-state index in [4.69, 9.17) is 0 Å². The van der Waals surface area contributed by atoms with E-state index in [2.05, 4.69) is 54.9 Å². The molecule has 1 saturated carbocycles. The highest BCUT2D eigenvalue weighted by molar-refractivity contribution is 7.80. The molecule has 1 unspecified atom stereocenters. The molecule has 0 aromatic heterocycles. The molecule has 94 valence electrons. The highest BCUT2D eigenvalue weighted by Gasteiger charge is 2.22. The van der Waals surface area contributed by atoms with Crippen molar-refractivity contribution < 1.29 is 0 Å². The summed E-state index contributed by atoms with van der Waals surface area (Å²) in [6.07, 6.45) is 5.58. The standard InChI is InChI=1S/C15H23NS/c1-16(15-9-5-6-10-15)11-14(12-17)13-7-3-2-4-8-13/h2-4,7-8,14-15,17H,5-6,9-12H2,1H3. The first-order valence-corrected chi connectivity index (χ1v) is 7.30. The van der Waals surface area contributed by atoms with Crippen LogP contribution in [-0.2, 0) is 0 Å². The van der Waals surface area contributed by atoms with Gasteiger partial charge in [0.25, 0.3) is 0 Å². The van der Waals surface area contributed by atoms with Crippen LogP contribution in [0.15, 0.2) is 30.3 Å². The number of hydrogen-bond acceptors (Lipinski definition) is 2. The molecule has 0 spiro atoms. The summed E-state index contributed by atoms with van der Waals surface area (Å²) < 4.78 is 0. The van der Waals surface area contributed by atoms with Gasteiger partial charge in [0.2, 0.25) is 0 Å². The van der Waals surface area contributed by atoms with E-state index in [1.165, 1.54) is 31.2 Å². The van der Waals surface area contributed by atoms with Crippen LogP contribution in [0.1, 0.15) is 37.2 Å². The van der Waals surface area contributed by atoms with E-state index in [0.717, 1.165) is 18.3 Å². The van der Waals surface area contributed by atoms with Gasteiger partial charge in [0.15, 0.2) is 0 Å². The van der Waals surface area contributed by atoms with Crippen LogP contribution < -0.4 is 0 Å². The van der Waals surface area contributed by atoms with Crippen molar-refractivity contribution in [1.82, 2.24) is 4.90 Å². The fourth-order valence-corrected chi connectivity index (χ4v) is 3.16. The molecule has 0 N–H and O–H groups in total. The van der Waals surface area contributed by atoms with Crippen LogP contribution in [0.25, 0.3) is 0 Å². The SMILES string of the molecule is CN(CC(CS)c1ccccc1)C1CCCC1. The largest absolute Gasteiger partial charge is 0.303 e. The van der Waals surface area contributed by atoms with E-state index < -0.39 is 0 Å². The van der Waals surface area contributed by atoms with Crippen molar-refractivity contribution in [1.29, 1.82) is 0 Å². The monoisotopic (exact) mass is 249 g/mol. The van der Waals surface area contributed by atoms with E-state index in [1.807, 2.05) is 0 Å². The lowest BCUT2D eigenvalue weighted by atomic mass is 10.00. The number of nitrogens with zero attached hydrogens (tertiary/aromatic N) is 1. The van der Waals surface area contributed by atoms with Crippen LogP contribution in [0.2, 0.25) is 0 Å². The summed E-state index contributed by atoms with van der Waals surface area (Å²) in [4.78, 5) is 2.54. The van der Waals surface area contributed by atoms with Gasteiger partial charge in [-0.25, -0.2) is 0 Å². The Morgan fingerprint density at radius 2 is 1.88 bits per heavy atom. The van der Waals surface area contributed by atoms with Gasteiger partial charge in [-0.05, 0) is 31.2 Å². The van der Waals surface area contributed by atoms with Crippen LogP contribution in [-0.4, -0.2) is 30.3 Å². The number of thiol groups is 1. The molecule has 17 heavy (non-hydrogen) atoms. The Morgan fingerprint density at radius 3 is 2.47 bits per heavy atom. The highest BCUT2D eigenvalue weighted by Crippen LogP contribution is 2.25. The maximum absolute atomic E-state index is 4.52. The summed E-state index contributed by atoms with van der Waals surface area (Å²) in [6.45, 7) is 1.14. The second-order valence-electron chi connectivity index (χ2n) is 5.17. The Labute approximate surface area is 111 Å². The minimum Gasteiger partial charge on any atom is -0.303 e. The number of benzene rings is 1. The van der Waals surface area contributed by atoms with Crippen molar-refractivity contribution in [3.63, 3.8) is 0 Å². The Hall–Kier alpha value is -0.470. The van der Waals surface area contributed by atoms with Crippen molar-refractivity contribution in [2.24, 2.45) is 0 Å². The van der Waals surface area contributed by atoms with Crippen LogP contribution in [0.5, 0.6) is 0 Å². The second-order valence-corrected chi connectivity index (χ2v) is 5.53. The Morgan fingerprint density at radius 1 is 1.24 bits per heavy atom. The molecular formula is C15H23NS. The van der Waals surface area contributed by atoms with Crippen molar-refractivity contribution in [3.8, 4) is 0 Å². The van der Waals surface area contributed by atoms with Gasteiger partial charge < -0.3 is 4.90 Å². The van der Waals surface area contributed by atoms with Crippen LogP contribution in [0.3, 0.4) is 0 Å². The maximum atomic E-state index is 4.52. The minimum atomic E-state index is 0.560. The summed E-state index contributed by atoms with van der Waals surface area (Å²) in [5.74, 6) is 1.49. The zero-order valence-electron chi connectivity index (χ0n) is 10.7. The fourth-order valence-electron chi connectivity index (χ4n) is 2.84. The Balaban J connectivity index is 1.95. The average Bonchev–Trinajstić information content (AvgIpc) is 2.90. The smallest absolute Gasteiger partial charge is 0.00924 e. The quantitative estimate of drug-likeness (QED) is 0.781. The van der Waals surface area contributed by atoms with Gasteiger partial charge in [-0.3, -0.25) is 0 Å². The minimum absolute atomic E-state index is 0.560. The zero-order chi connectivity index (χ0) is 12.1. The van der Waals surface area contributed by atoms with Gasteiger partial charge >= 0.3 is 0 Å². The summed E-state index contributed by atoms with van der Waals surface area (Å²) >= 11 is 4.52. The highest BCUT2D eigenvalue weighted by atomic mass is 32.1. The lowest BCUT2D eigenvalue weighted by Gasteiger charge is -2.28. The Kier molecular flexibility index (Phi) is 4.93. The lowest BCUT2D eigenvalue weighted by molar-refractivity contribution is 0.235. The third-order valence-corrected chi connectivity index (χ3v) is 4.39. The van der Waals surface area contributed by atoms with Gasteiger partial charge in [-0.2, -0.15) is 12.6 Å². The van der Waals surface area contributed by atoms with E-state index >= 15 is 0 Å². The Bertz CT molecular complexity index is 319. The van der Waals surface area contributed by atoms with Crippen molar-refractivity contribution in [2.75, 3.05) is 19.3 Å². The lowest BCUT2D eigenvalue weighted by Crippen LogP contribution is -2.33. The first kappa shape index (κ1) is 13.0. The van der Waals surface area contributed by atoms with E-state index in [0.29, 0.717) is 5.92 Å². The molecular weight excluding hydrogens is 226 g/mol. The number of hydrogen-bond donors (Lipinski definition) is 1. The van der Waals surface area contributed by atoms with E-state index in [1.54, 1.807) is 0 Å². The normalized spacial score (nSPS) is 18.8. The molecule has 2 heteroatoms. The molecule has 2 rings (SSSR count). The van der Waals surface area contributed by atoms with Gasteiger partial charge in [-0.15, -0.1) is 0 Å². The summed E-state index contributed by atoms with van der Waals surface area (Å²) in [5, 5.41) is 0. The van der Waals surface area contributed by atoms with Crippen LogP contribution >= 0.6 is 12.6 Å². The molecule has 1 aromatic carbocycles. The average molecular weight is 249 g/mol. The third-order valence-electron chi connectivity index (χ3n) is 3.95. The predicted molar refractivity (Wildman–Crippen MR) is 77.9 cm³/mol. The molecule has 0 radical (unpaired) electrons. The van der Waals surface area contributed by atoms with Gasteiger partial charge in [0.1, 0.15) is 0 Å². The zero-order valence-corrected chi connectivity index (χ0v) is 11.6. The molecule has 0 saturated heterocycles. The molecule has 0 amide bonds. The first-order chi connectivity index (χ1) is 8.31. The summed E-state index contributed by atoms with van der Waals surface area (Å²) in [7, 11) is 2.27. The van der Waals surface area contributed by atoms with Crippen molar-refractivity contribution >= 4 is 12.6 Å². The van der Waals surface area contributed by atoms with Crippen LogP contribution in [0.4, 0.5) is 0 Å². The molecule has 1 nitrogen and oxygen atoms in total. The fraction of sp³-hybridized carbons (Fsp3) is 0.600. The maximum Gasteiger partial charge on any atom is 0.00924 e. The molecule has 1 fully saturated rings. The van der Waals surface area contributed by atoms with Gasteiger partial charge in [0.05, 0.1) is 0 Å². The number of rotatable bonds is 5. The summed E-state index contributed by atoms with van der Waals surface area (Å²) in [6, 6.07) is 11.6. The molecule has 1 aliphatic carbocycles. The topological polar surface area (TPSA) is 3.24 Å². The molecule has 0 heterocycles. The molecule has 0 bridgehead atoms. The van der Waals surface area contributed by atoms with Crippen molar-refractivity contribution in [2.45, 2.75) is 37.6 Å². The molecule has 0 aliphatic heterocycles. The predicted octanol–water partition coefficient (Wildman–Crippen LogP) is 3.57. The first-order valence-electron chi connectivity index (χ1n) is 6.67. The molecule has 1 atom stereocenters. The van der Waals surface area contributed by atoms with E-state index in [-0.39, 0.29) is 0 Å². The van der Waals surface area contributed by atoms with Crippen molar-refractivity contribution in [3.05, 3.63) is 35.9 Å². The molecule has 1 aromatic rings.